The van der Waals surface area contributed by atoms with Gasteiger partial charge in [-0.2, -0.15) is 26.3 Å². The number of alkyl halides is 6. The van der Waals surface area contributed by atoms with Crippen molar-refractivity contribution in [3.05, 3.63) is 69.3 Å². The third-order valence-corrected chi connectivity index (χ3v) is 3.87. The first kappa shape index (κ1) is 19.9. The predicted molar refractivity (Wildman–Crippen MR) is 75.7 cm³/mol. The molecule has 0 saturated carbocycles. The van der Waals surface area contributed by atoms with Gasteiger partial charge in [-0.25, -0.2) is 8.78 Å². The van der Waals surface area contributed by atoms with Crippen LogP contribution in [0.1, 0.15) is 38.2 Å². The highest BCUT2D eigenvalue weighted by atomic mass is 19.4. The molecular formula is C17H10F8O. The van der Waals surface area contributed by atoms with E-state index in [0.29, 0.717) is 24.3 Å². The zero-order valence-corrected chi connectivity index (χ0v) is 13.2. The SMILES string of the molecule is Cc1c(C(=O)c2ccc(C(F)(F)F)c(F)c2C)ccc(C(F)(F)F)c1F. The van der Waals surface area contributed by atoms with Crippen LogP contribution in [0.4, 0.5) is 35.1 Å². The molecule has 0 fully saturated rings. The van der Waals surface area contributed by atoms with Crippen molar-refractivity contribution in [2.24, 2.45) is 0 Å². The Kier molecular flexibility index (Phi) is 4.87. The van der Waals surface area contributed by atoms with Crippen LogP contribution < -0.4 is 0 Å². The smallest absolute Gasteiger partial charge is 0.289 e. The van der Waals surface area contributed by atoms with Gasteiger partial charge in [-0.3, -0.25) is 4.79 Å². The van der Waals surface area contributed by atoms with E-state index in [0.717, 1.165) is 13.8 Å². The van der Waals surface area contributed by atoms with Crippen molar-refractivity contribution < 1.29 is 39.9 Å². The molecule has 0 saturated heterocycles. The van der Waals surface area contributed by atoms with Gasteiger partial charge in [-0.05, 0) is 49.2 Å². The molecule has 0 amide bonds. The number of ketones is 1. The molecule has 2 aromatic carbocycles. The molecule has 2 aromatic rings. The molecule has 140 valence electrons. The third-order valence-electron chi connectivity index (χ3n) is 3.87. The average Bonchev–Trinajstić information content (AvgIpc) is 2.49. The van der Waals surface area contributed by atoms with Crippen LogP contribution in [-0.4, -0.2) is 5.78 Å². The largest absolute Gasteiger partial charge is 0.419 e. The van der Waals surface area contributed by atoms with Gasteiger partial charge in [0.05, 0.1) is 11.1 Å². The normalized spacial score (nSPS) is 12.4. The third kappa shape index (κ3) is 3.42. The predicted octanol–water partition coefficient (Wildman–Crippen LogP) is 5.85. The Morgan fingerprint density at radius 3 is 1.27 bits per heavy atom. The number of hydrogen-bond donors (Lipinski definition) is 0. The lowest BCUT2D eigenvalue weighted by molar-refractivity contribution is -0.140. The molecule has 0 aliphatic heterocycles. The fourth-order valence-corrected chi connectivity index (χ4v) is 2.45. The number of hydrogen-bond acceptors (Lipinski definition) is 1. The number of rotatable bonds is 2. The number of halogens is 8. The first-order valence-corrected chi connectivity index (χ1v) is 7.04. The second-order valence-corrected chi connectivity index (χ2v) is 5.52. The molecular weight excluding hydrogens is 372 g/mol. The quantitative estimate of drug-likeness (QED) is 0.470. The van der Waals surface area contributed by atoms with Crippen molar-refractivity contribution in [2.75, 3.05) is 0 Å². The monoisotopic (exact) mass is 382 g/mol. The van der Waals surface area contributed by atoms with Crippen LogP contribution in [0.5, 0.6) is 0 Å². The molecule has 0 atom stereocenters. The maximum Gasteiger partial charge on any atom is 0.419 e. The van der Waals surface area contributed by atoms with Crippen LogP contribution in [0, 0.1) is 25.5 Å². The number of benzene rings is 2. The maximum atomic E-state index is 13.9. The second-order valence-electron chi connectivity index (χ2n) is 5.52. The van der Waals surface area contributed by atoms with Gasteiger partial charge in [0.2, 0.25) is 0 Å². The highest BCUT2D eigenvalue weighted by Gasteiger charge is 2.37. The van der Waals surface area contributed by atoms with Crippen LogP contribution in [0.3, 0.4) is 0 Å². The van der Waals surface area contributed by atoms with Gasteiger partial charge >= 0.3 is 12.4 Å². The summed E-state index contributed by atoms with van der Waals surface area (Å²) in [7, 11) is 0. The molecule has 26 heavy (non-hydrogen) atoms. The summed E-state index contributed by atoms with van der Waals surface area (Å²) in [6.45, 7) is 1.85. The lowest BCUT2D eigenvalue weighted by Gasteiger charge is -2.15. The van der Waals surface area contributed by atoms with Crippen molar-refractivity contribution in [2.45, 2.75) is 26.2 Å². The van der Waals surface area contributed by atoms with Crippen LogP contribution in [0.25, 0.3) is 0 Å². The van der Waals surface area contributed by atoms with Crippen LogP contribution in [-0.2, 0) is 12.4 Å². The molecule has 0 aromatic heterocycles. The van der Waals surface area contributed by atoms with E-state index in [9.17, 15) is 39.9 Å². The fraction of sp³-hybridized carbons (Fsp3) is 0.235. The lowest BCUT2D eigenvalue weighted by Crippen LogP contribution is -2.15. The van der Waals surface area contributed by atoms with Gasteiger partial charge in [0.15, 0.2) is 5.78 Å². The standard InChI is InChI=1S/C17H10F8O/c1-7-9(3-5-11(13(7)18)16(20,21)22)15(26)10-4-6-12(17(23,24)25)14(19)8(10)2/h3-6H,1-2H3. The molecule has 0 N–H and O–H groups in total. The second kappa shape index (κ2) is 6.37. The minimum Gasteiger partial charge on any atom is -0.289 e. The minimum atomic E-state index is -4.98. The summed E-state index contributed by atoms with van der Waals surface area (Å²) < 4.78 is 104. The summed E-state index contributed by atoms with van der Waals surface area (Å²) in [5.41, 5.74) is -5.44. The fourth-order valence-electron chi connectivity index (χ4n) is 2.45. The Morgan fingerprint density at radius 1 is 0.692 bits per heavy atom. The van der Waals surface area contributed by atoms with Crippen molar-refractivity contribution in [1.82, 2.24) is 0 Å². The summed E-state index contributed by atoms with van der Waals surface area (Å²) in [5.74, 6) is -4.43. The number of carbonyl (C=O) groups is 1. The van der Waals surface area contributed by atoms with Crippen LogP contribution in [0.2, 0.25) is 0 Å². The van der Waals surface area contributed by atoms with Crippen LogP contribution in [0.15, 0.2) is 24.3 Å². The molecule has 0 aliphatic rings. The zero-order valence-electron chi connectivity index (χ0n) is 13.2. The van der Waals surface area contributed by atoms with E-state index >= 15 is 0 Å². The van der Waals surface area contributed by atoms with Gasteiger partial charge in [-0.15, -0.1) is 0 Å². The molecule has 0 radical (unpaired) electrons. The van der Waals surface area contributed by atoms with Crippen molar-refractivity contribution in [3.8, 4) is 0 Å². The van der Waals surface area contributed by atoms with E-state index in [1.807, 2.05) is 0 Å². The number of carbonyl (C=O) groups excluding carboxylic acids is 1. The highest BCUT2D eigenvalue weighted by molar-refractivity contribution is 6.10. The van der Waals surface area contributed by atoms with E-state index in [1.165, 1.54) is 0 Å². The zero-order chi connectivity index (χ0) is 20.0. The molecule has 1 nitrogen and oxygen atoms in total. The topological polar surface area (TPSA) is 17.1 Å². The van der Waals surface area contributed by atoms with Gasteiger partial charge in [0, 0.05) is 11.1 Å². The molecule has 2 rings (SSSR count). The van der Waals surface area contributed by atoms with Gasteiger partial charge in [-0.1, -0.05) is 0 Å². The first-order valence-electron chi connectivity index (χ1n) is 7.04. The Morgan fingerprint density at radius 2 is 1.00 bits per heavy atom. The summed E-state index contributed by atoms with van der Waals surface area (Å²) in [6, 6.07) is 2.12. The molecule has 9 heteroatoms. The Labute approximate surface area is 142 Å². The van der Waals surface area contributed by atoms with E-state index in [4.69, 9.17) is 0 Å². The first-order chi connectivity index (χ1) is 11.8. The Bertz CT molecular complexity index is 806. The van der Waals surface area contributed by atoms with E-state index in [2.05, 4.69) is 0 Å². The Hall–Kier alpha value is -2.45. The lowest BCUT2D eigenvalue weighted by atomic mass is 9.93. The van der Waals surface area contributed by atoms with Crippen molar-refractivity contribution in [3.63, 3.8) is 0 Å². The summed E-state index contributed by atoms with van der Waals surface area (Å²) >= 11 is 0. The molecule has 0 bridgehead atoms. The Balaban J connectivity index is 2.58. The molecule has 0 aliphatic carbocycles. The average molecular weight is 382 g/mol. The molecule has 0 spiro atoms. The molecule has 0 heterocycles. The summed E-state index contributed by atoms with van der Waals surface area (Å²) in [4.78, 5) is 12.4. The maximum absolute atomic E-state index is 13.9. The van der Waals surface area contributed by atoms with Gasteiger partial charge < -0.3 is 0 Å². The van der Waals surface area contributed by atoms with E-state index < -0.39 is 63.2 Å². The van der Waals surface area contributed by atoms with Gasteiger partial charge in [0.25, 0.3) is 0 Å². The van der Waals surface area contributed by atoms with Crippen molar-refractivity contribution in [1.29, 1.82) is 0 Å². The summed E-state index contributed by atoms with van der Waals surface area (Å²) in [5, 5.41) is 0. The summed E-state index contributed by atoms with van der Waals surface area (Å²) in [6.07, 6.45) is -9.96. The van der Waals surface area contributed by atoms with Gasteiger partial charge in [0.1, 0.15) is 11.6 Å². The van der Waals surface area contributed by atoms with Crippen molar-refractivity contribution >= 4 is 5.78 Å². The van der Waals surface area contributed by atoms with E-state index in [-0.39, 0.29) is 0 Å². The highest BCUT2D eigenvalue weighted by Crippen LogP contribution is 2.36. The van der Waals surface area contributed by atoms with E-state index in [1.54, 1.807) is 0 Å². The van der Waals surface area contributed by atoms with Crippen LogP contribution >= 0.6 is 0 Å². The molecule has 0 unspecified atom stereocenters. The minimum absolute atomic E-state index is 0.353.